The molecule has 1 unspecified atom stereocenters. The Balaban J connectivity index is 2.48. The summed E-state index contributed by atoms with van der Waals surface area (Å²) in [4.78, 5) is 11.8. The van der Waals surface area contributed by atoms with E-state index in [0.29, 0.717) is 30.2 Å². The Labute approximate surface area is 114 Å². The van der Waals surface area contributed by atoms with Crippen LogP contribution in [0, 0.1) is 0 Å². The predicted molar refractivity (Wildman–Crippen MR) is 76.4 cm³/mol. The van der Waals surface area contributed by atoms with E-state index >= 15 is 0 Å². The van der Waals surface area contributed by atoms with E-state index in [4.69, 9.17) is 15.2 Å². The van der Waals surface area contributed by atoms with E-state index in [-0.39, 0.29) is 12.0 Å². The standard InChI is InChI=1S/C14H22N2O3/c1-4-10(2)19-8-7-14(17)16-12-6-5-11(15)9-13(12)18-3/h5-6,9-10H,4,7-8,15H2,1-3H3,(H,16,17). The van der Waals surface area contributed by atoms with Crippen molar-refractivity contribution >= 4 is 17.3 Å². The largest absolute Gasteiger partial charge is 0.494 e. The second-order valence-electron chi connectivity index (χ2n) is 4.35. The lowest BCUT2D eigenvalue weighted by Crippen LogP contribution is -2.17. The zero-order valence-corrected chi connectivity index (χ0v) is 11.7. The van der Waals surface area contributed by atoms with Crippen molar-refractivity contribution in [2.75, 3.05) is 24.8 Å². The molecule has 1 aromatic carbocycles. The van der Waals surface area contributed by atoms with Crippen molar-refractivity contribution in [1.82, 2.24) is 0 Å². The fraction of sp³-hybridized carbons (Fsp3) is 0.500. The van der Waals surface area contributed by atoms with Gasteiger partial charge in [-0.15, -0.1) is 0 Å². The Bertz CT molecular complexity index is 421. The van der Waals surface area contributed by atoms with Crippen LogP contribution in [-0.2, 0) is 9.53 Å². The Kier molecular flexibility index (Phi) is 6.15. The van der Waals surface area contributed by atoms with E-state index < -0.39 is 0 Å². The van der Waals surface area contributed by atoms with Crippen LogP contribution in [0.2, 0.25) is 0 Å². The average molecular weight is 266 g/mol. The molecule has 1 rings (SSSR count). The van der Waals surface area contributed by atoms with Gasteiger partial charge in [-0.2, -0.15) is 0 Å². The van der Waals surface area contributed by atoms with Crippen LogP contribution in [0.1, 0.15) is 26.7 Å². The van der Waals surface area contributed by atoms with Crippen LogP contribution in [0.5, 0.6) is 5.75 Å². The molecule has 3 N–H and O–H groups in total. The van der Waals surface area contributed by atoms with Crippen LogP contribution in [0.25, 0.3) is 0 Å². The number of benzene rings is 1. The summed E-state index contributed by atoms with van der Waals surface area (Å²) in [5.74, 6) is 0.447. The summed E-state index contributed by atoms with van der Waals surface area (Å²) in [6.07, 6.45) is 1.43. The minimum Gasteiger partial charge on any atom is -0.494 e. The zero-order valence-electron chi connectivity index (χ0n) is 11.7. The lowest BCUT2D eigenvalue weighted by Gasteiger charge is -2.12. The van der Waals surface area contributed by atoms with Gasteiger partial charge >= 0.3 is 0 Å². The number of anilines is 2. The normalized spacial score (nSPS) is 11.9. The van der Waals surface area contributed by atoms with E-state index in [1.165, 1.54) is 7.11 Å². The molecule has 0 heterocycles. The summed E-state index contributed by atoms with van der Waals surface area (Å²) in [5, 5.41) is 2.78. The second-order valence-corrected chi connectivity index (χ2v) is 4.35. The molecule has 0 aliphatic heterocycles. The quantitative estimate of drug-likeness (QED) is 0.743. The van der Waals surface area contributed by atoms with Crippen LogP contribution < -0.4 is 15.8 Å². The first-order valence-corrected chi connectivity index (χ1v) is 6.41. The molecule has 1 atom stereocenters. The van der Waals surface area contributed by atoms with E-state index in [0.717, 1.165) is 6.42 Å². The third-order valence-electron chi connectivity index (χ3n) is 2.81. The highest BCUT2D eigenvalue weighted by molar-refractivity contribution is 5.92. The number of carbonyl (C=O) groups is 1. The molecule has 5 nitrogen and oxygen atoms in total. The SMILES string of the molecule is CCC(C)OCCC(=O)Nc1ccc(N)cc1OC. The first kappa shape index (κ1) is 15.3. The summed E-state index contributed by atoms with van der Waals surface area (Å²) >= 11 is 0. The van der Waals surface area contributed by atoms with Crippen LogP contribution in [0.15, 0.2) is 18.2 Å². The maximum absolute atomic E-state index is 11.8. The maximum atomic E-state index is 11.8. The number of nitrogens with one attached hydrogen (secondary N) is 1. The lowest BCUT2D eigenvalue weighted by atomic mass is 10.2. The van der Waals surface area contributed by atoms with E-state index in [1.54, 1.807) is 18.2 Å². The first-order valence-electron chi connectivity index (χ1n) is 6.41. The molecule has 0 aliphatic carbocycles. The van der Waals surface area contributed by atoms with Gasteiger partial charge in [0.1, 0.15) is 5.75 Å². The topological polar surface area (TPSA) is 73.6 Å². The smallest absolute Gasteiger partial charge is 0.226 e. The molecular weight excluding hydrogens is 244 g/mol. The summed E-state index contributed by atoms with van der Waals surface area (Å²) in [6, 6.07) is 5.11. The van der Waals surface area contributed by atoms with Crippen molar-refractivity contribution in [3.05, 3.63) is 18.2 Å². The van der Waals surface area contributed by atoms with E-state index in [9.17, 15) is 4.79 Å². The number of rotatable bonds is 7. The monoisotopic (exact) mass is 266 g/mol. The van der Waals surface area contributed by atoms with Crippen molar-refractivity contribution in [2.24, 2.45) is 0 Å². The van der Waals surface area contributed by atoms with E-state index in [1.807, 2.05) is 13.8 Å². The molecule has 0 fully saturated rings. The van der Waals surface area contributed by atoms with Crippen molar-refractivity contribution in [3.63, 3.8) is 0 Å². The molecule has 0 saturated carbocycles. The lowest BCUT2D eigenvalue weighted by molar-refractivity contribution is -0.117. The summed E-state index contributed by atoms with van der Waals surface area (Å²) in [5.41, 5.74) is 6.86. The molecule has 1 aromatic rings. The fourth-order valence-electron chi connectivity index (χ4n) is 1.49. The Morgan fingerprint density at radius 3 is 2.84 bits per heavy atom. The molecule has 1 amide bonds. The Morgan fingerprint density at radius 1 is 1.47 bits per heavy atom. The molecule has 0 saturated heterocycles. The van der Waals surface area contributed by atoms with Crippen LogP contribution in [-0.4, -0.2) is 25.7 Å². The summed E-state index contributed by atoms with van der Waals surface area (Å²) < 4.78 is 10.6. The van der Waals surface area contributed by atoms with Crippen molar-refractivity contribution in [3.8, 4) is 5.75 Å². The number of nitrogen functional groups attached to an aromatic ring is 1. The van der Waals surface area contributed by atoms with Crippen molar-refractivity contribution in [1.29, 1.82) is 0 Å². The summed E-state index contributed by atoms with van der Waals surface area (Å²) in [6.45, 7) is 4.45. The molecule has 0 aliphatic rings. The van der Waals surface area contributed by atoms with Crippen LogP contribution in [0.4, 0.5) is 11.4 Å². The van der Waals surface area contributed by atoms with Gasteiger partial charge in [-0.3, -0.25) is 4.79 Å². The minimum atomic E-state index is -0.105. The highest BCUT2D eigenvalue weighted by atomic mass is 16.5. The van der Waals surface area contributed by atoms with Crippen molar-refractivity contribution in [2.45, 2.75) is 32.8 Å². The highest BCUT2D eigenvalue weighted by Crippen LogP contribution is 2.26. The van der Waals surface area contributed by atoms with Gasteiger partial charge in [0.2, 0.25) is 5.91 Å². The number of amides is 1. The van der Waals surface area contributed by atoms with Gasteiger partial charge in [-0.05, 0) is 25.5 Å². The van der Waals surface area contributed by atoms with Gasteiger partial charge in [0, 0.05) is 11.8 Å². The number of hydrogen-bond donors (Lipinski definition) is 2. The molecule has 106 valence electrons. The van der Waals surface area contributed by atoms with Crippen LogP contribution in [0.3, 0.4) is 0 Å². The molecule has 0 bridgehead atoms. The highest BCUT2D eigenvalue weighted by Gasteiger charge is 2.08. The second kappa shape index (κ2) is 7.63. The number of ether oxygens (including phenoxy) is 2. The van der Waals surface area contributed by atoms with Crippen LogP contribution >= 0.6 is 0 Å². The van der Waals surface area contributed by atoms with Gasteiger partial charge in [0.15, 0.2) is 0 Å². The number of nitrogens with two attached hydrogens (primary N) is 1. The molecule has 0 radical (unpaired) electrons. The zero-order chi connectivity index (χ0) is 14.3. The molecule has 5 heteroatoms. The van der Waals surface area contributed by atoms with Gasteiger partial charge in [-0.25, -0.2) is 0 Å². The maximum Gasteiger partial charge on any atom is 0.226 e. The number of hydrogen-bond acceptors (Lipinski definition) is 4. The molecular formula is C14H22N2O3. The summed E-state index contributed by atoms with van der Waals surface area (Å²) in [7, 11) is 1.54. The van der Waals surface area contributed by atoms with Gasteiger partial charge in [0.05, 0.1) is 31.9 Å². The molecule has 19 heavy (non-hydrogen) atoms. The Morgan fingerprint density at radius 2 is 2.21 bits per heavy atom. The molecule has 0 aromatic heterocycles. The first-order chi connectivity index (χ1) is 9.06. The third-order valence-corrected chi connectivity index (χ3v) is 2.81. The van der Waals surface area contributed by atoms with E-state index in [2.05, 4.69) is 5.32 Å². The van der Waals surface area contributed by atoms with Crippen molar-refractivity contribution < 1.29 is 14.3 Å². The number of carbonyl (C=O) groups excluding carboxylic acids is 1. The number of methoxy groups -OCH3 is 1. The van der Waals surface area contributed by atoms with Gasteiger partial charge < -0.3 is 20.5 Å². The Hall–Kier alpha value is -1.75. The third kappa shape index (κ3) is 5.18. The van der Waals surface area contributed by atoms with Gasteiger partial charge in [-0.1, -0.05) is 6.92 Å². The molecule has 0 spiro atoms. The fourth-order valence-corrected chi connectivity index (χ4v) is 1.49. The minimum absolute atomic E-state index is 0.105. The average Bonchev–Trinajstić information content (AvgIpc) is 2.40. The van der Waals surface area contributed by atoms with Gasteiger partial charge in [0.25, 0.3) is 0 Å². The predicted octanol–water partition coefficient (Wildman–Crippen LogP) is 2.42.